The molecule has 2 aromatic rings. The van der Waals surface area contributed by atoms with E-state index in [0.29, 0.717) is 21.5 Å². The Labute approximate surface area is 180 Å². The summed E-state index contributed by atoms with van der Waals surface area (Å²) in [5, 5.41) is 2.82. The van der Waals surface area contributed by atoms with Gasteiger partial charge in [0.1, 0.15) is 10.1 Å². The number of ether oxygens (including phenoxy) is 1. The van der Waals surface area contributed by atoms with Gasteiger partial charge in [0.15, 0.2) is 6.61 Å². The minimum atomic E-state index is -0.197. The van der Waals surface area contributed by atoms with E-state index in [2.05, 4.69) is 5.32 Å². The molecule has 3 rings (SSSR count). The number of benzene rings is 2. The van der Waals surface area contributed by atoms with Crippen LogP contribution in [0.25, 0.3) is 6.08 Å². The minimum Gasteiger partial charge on any atom is -0.484 e. The molecule has 0 unspecified atom stereocenters. The molecule has 2 amide bonds. The van der Waals surface area contributed by atoms with Crippen molar-refractivity contribution < 1.29 is 14.3 Å². The Kier molecular flexibility index (Phi) is 7.06. The van der Waals surface area contributed by atoms with Crippen molar-refractivity contribution in [2.75, 3.05) is 6.61 Å². The lowest BCUT2D eigenvalue weighted by Crippen LogP contribution is -2.34. The molecule has 1 aliphatic rings. The van der Waals surface area contributed by atoms with Crippen LogP contribution in [0.2, 0.25) is 0 Å². The first-order chi connectivity index (χ1) is 13.9. The Morgan fingerprint density at radius 2 is 1.97 bits per heavy atom. The SMILES string of the molecule is CC(C)N1C(=O)/C(=C/c2cccc(OCC(=O)NCc3ccccc3)c2)SC1=S. The first-order valence-electron chi connectivity index (χ1n) is 9.24. The van der Waals surface area contributed by atoms with E-state index in [4.69, 9.17) is 17.0 Å². The van der Waals surface area contributed by atoms with Gasteiger partial charge >= 0.3 is 0 Å². The summed E-state index contributed by atoms with van der Waals surface area (Å²) in [6.07, 6.45) is 1.80. The van der Waals surface area contributed by atoms with E-state index in [1.165, 1.54) is 11.8 Å². The molecule has 0 atom stereocenters. The maximum atomic E-state index is 12.5. The van der Waals surface area contributed by atoms with E-state index in [0.717, 1.165) is 11.1 Å². The molecule has 1 N–H and O–H groups in total. The summed E-state index contributed by atoms with van der Waals surface area (Å²) in [4.78, 5) is 26.7. The van der Waals surface area contributed by atoms with Crippen molar-refractivity contribution in [1.29, 1.82) is 0 Å². The van der Waals surface area contributed by atoms with Gasteiger partial charge in [-0.15, -0.1) is 0 Å². The molecule has 1 fully saturated rings. The fraction of sp³-hybridized carbons (Fsp3) is 0.227. The van der Waals surface area contributed by atoms with E-state index >= 15 is 0 Å². The molecular weight excluding hydrogens is 404 g/mol. The number of carbonyl (C=O) groups excluding carboxylic acids is 2. The van der Waals surface area contributed by atoms with E-state index < -0.39 is 0 Å². The highest BCUT2D eigenvalue weighted by atomic mass is 32.2. The first kappa shape index (κ1) is 21.1. The van der Waals surface area contributed by atoms with E-state index in [1.54, 1.807) is 23.1 Å². The molecule has 5 nitrogen and oxygen atoms in total. The number of hydrogen-bond donors (Lipinski definition) is 1. The normalized spacial score (nSPS) is 15.3. The third-order valence-corrected chi connectivity index (χ3v) is 5.53. The van der Waals surface area contributed by atoms with E-state index in [-0.39, 0.29) is 24.5 Å². The summed E-state index contributed by atoms with van der Waals surface area (Å²) in [6, 6.07) is 17.0. The zero-order valence-electron chi connectivity index (χ0n) is 16.3. The van der Waals surface area contributed by atoms with Gasteiger partial charge in [0.2, 0.25) is 0 Å². The average Bonchev–Trinajstić information content (AvgIpc) is 2.99. The van der Waals surface area contributed by atoms with Crippen molar-refractivity contribution >= 4 is 46.2 Å². The lowest BCUT2D eigenvalue weighted by molar-refractivity contribution is -0.124. The largest absolute Gasteiger partial charge is 0.484 e. The molecule has 0 saturated carbocycles. The smallest absolute Gasteiger partial charge is 0.266 e. The average molecular weight is 427 g/mol. The summed E-state index contributed by atoms with van der Waals surface area (Å²) in [7, 11) is 0. The van der Waals surface area contributed by atoms with Crippen molar-refractivity contribution in [3.8, 4) is 5.75 Å². The Bertz CT molecular complexity index is 942. The van der Waals surface area contributed by atoms with E-state index in [9.17, 15) is 9.59 Å². The summed E-state index contributed by atoms with van der Waals surface area (Å²) < 4.78 is 6.17. The van der Waals surface area contributed by atoms with Gasteiger partial charge < -0.3 is 10.1 Å². The van der Waals surface area contributed by atoms with Gasteiger partial charge in [-0.3, -0.25) is 14.5 Å². The number of thiocarbonyl (C=S) groups is 1. The van der Waals surface area contributed by atoms with Gasteiger partial charge in [-0.25, -0.2) is 0 Å². The van der Waals surface area contributed by atoms with Crippen LogP contribution in [-0.2, 0) is 16.1 Å². The molecule has 0 bridgehead atoms. The Balaban J connectivity index is 1.58. The molecular formula is C22H22N2O3S2. The van der Waals surface area contributed by atoms with Crippen LogP contribution < -0.4 is 10.1 Å². The van der Waals surface area contributed by atoms with Crippen LogP contribution in [0.1, 0.15) is 25.0 Å². The predicted octanol–water partition coefficient (Wildman–Crippen LogP) is 3.99. The lowest BCUT2D eigenvalue weighted by atomic mass is 10.2. The fourth-order valence-electron chi connectivity index (χ4n) is 2.77. The molecule has 0 aromatic heterocycles. The highest BCUT2D eigenvalue weighted by Crippen LogP contribution is 2.34. The van der Waals surface area contributed by atoms with E-state index in [1.807, 2.05) is 56.3 Å². The third kappa shape index (κ3) is 5.68. The van der Waals surface area contributed by atoms with Crippen LogP contribution in [0.4, 0.5) is 0 Å². The molecule has 2 aromatic carbocycles. The highest BCUT2D eigenvalue weighted by Gasteiger charge is 2.33. The Morgan fingerprint density at radius 3 is 2.66 bits per heavy atom. The zero-order valence-corrected chi connectivity index (χ0v) is 17.9. The van der Waals surface area contributed by atoms with Crippen molar-refractivity contribution in [2.24, 2.45) is 0 Å². The second-order valence-electron chi connectivity index (χ2n) is 6.77. The molecule has 0 radical (unpaired) electrons. The quantitative estimate of drug-likeness (QED) is 0.536. The maximum absolute atomic E-state index is 12.5. The fourth-order valence-corrected chi connectivity index (χ4v) is 4.29. The second-order valence-corrected chi connectivity index (χ2v) is 8.44. The minimum absolute atomic E-state index is 0.0254. The third-order valence-electron chi connectivity index (χ3n) is 4.20. The topological polar surface area (TPSA) is 58.6 Å². The first-order valence-corrected chi connectivity index (χ1v) is 10.5. The molecule has 0 aliphatic carbocycles. The van der Waals surface area contributed by atoms with Gasteiger partial charge in [-0.1, -0.05) is 66.4 Å². The van der Waals surface area contributed by atoms with Crippen LogP contribution in [0, 0.1) is 0 Å². The number of nitrogens with zero attached hydrogens (tertiary/aromatic N) is 1. The standard InChI is InChI=1S/C22H22N2O3S2/c1-15(2)24-21(26)19(29-22(24)28)12-17-9-6-10-18(11-17)27-14-20(25)23-13-16-7-4-3-5-8-16/h3-12,15H,13-14H2,1-2H3,(H,23,25)/b19-12-. The summed E-state index contributed by atoms with van der Waals surface area (Å²) in [5.74, 6) is 0.284. The number of thioether (sulfide) groups is 1. The van der Waals surface area contributed by atoms with Gasteiger partial charge in [-0.05, 0) is 43.2 Å². The van der Waals surface area contributed by atoms with Crippen LogP contribution in [-0.4, -0.2) is 33.7 Å². The molecule has 0 spiro atoms. The monoisotopic (exact) mass is 426 g/mol. The lowest BCUT2D eigenvalue weighted by Gasteiger charge is -2.18. The summed E-state index contributed by atoms with van der Waals surface area (Å²) >= 11 is 6.60. The van der Waals surface area contributed by atoms with Crippen molar-refractivity contribution in [2.45, 2.75) is 26.4 Å². The Hall–Kier alpha value is -2.64. The molecule has 1 aliphatic heterocycles. The van der Waals surface area contributed by atoms with Crippen LogP contribution in [0.15, 0.2) is 59.5 Å². The van der Waals surface area contributed by atoms with Gasteiger partial charge in [0.25, 0.3) is 11.8 Å². The zero-order chi connectivity index (χ0) is 20.8. The number of amides is 2. The number of nitrogens with one attached hydrogen (secondary N) is 1. The van der Waals surface area contributed by atoms with Crippen LogP contribution in [0.5, 0.6) is 5.75 Å². The molecule has 1 saturated heterocycles. The van der Waals surface area contributed by atoms with Gasteiger partial charge in [0.05, 0.1) is 4.91 Å². The summed E-state index contributed by atoms with van der Waals surface area (Å²) in [5.41, 5.74) is 1.85. The predicted molar refractivity (Wildman–Crippen MR) is 120 cm³/mol. The van der Waals surface area contributed by atoms with Crippen LogP contribution >= 0.6 is 24.0 Å². The van der Waals surface area contributed by atoms with Gasteiger partial charge in [0, 0.05) is 12.6 Å². The molecule has 29 heavy (non-hydrogen) atoms. The van der Waals surface area contributed by atoms with Crippen molar-refractivity contribution in [3.05, 3.63) is 70.6 Å². The summed E-state index contributed by atoms with van der Waals surface area (Å²) in [6.45, 7) is 4.25. The number of rotatable bonds is 7. The molecule has 7 heteroatoms. The highest BCUT2D eigenvalue weighted by molar-refractivity contribution is 8.26. The van der Waals surface area contributed by atoms with Gasteiger partial charge in [-0.2, -0.15) is 0 Å². The molecule has 1 heterocycles. The van der Waals surface area contributed by atoms with Crippen molar-refractivity contribution in [1.82, 2.24) is 10.2 Å². The van der Waals surface area contributed by atoms with Crippen LogP contribution in [0.3, 0.4) is 0 Å². The van der Waals surface area contributed by atoms with Crippen molar-refractivity contribution in [3.63, 3.8) is 0 Å². The number of hydrogen-bond acceptors (Lipinski definition) is 5. The molecule has 150 valence electrons. The Morgan fingerprint density at radius 1 is 1.21 bits per heavy atom. The maximum Gasteiger partial charge on any atom is 0.266 e. The number of carbonyl (C=O) groups is 2. The second kappa shape index (κ2) is 9.71.